The van der Waals surface area contributed by atoms with Crippen molar-refractivity contribution in [2.24, 2.45) is 0 Å². The van der Waals surface area contributed by atoms with E-state index in [2.05, 4.69) is 15.9 Å². The maximum absolute atomic E-state index is 12.4. The van der Waals surface area contributed by atoms with Gasteiger partial charge in [-0.05, 0) is 41.9 Å². The van der Waals surface area contributed by atoms with Crippen LogP contribution in [-0.2, 0) is 4.74 Å². The molecule has 1 amide bonds. The summed E-state index contributed by atoms with van der Waals surface area (Å²) in [6.07, 6.45) is 0. The predicted octanol–water partition coefficient (Wildman–Crippen LogP) is 2.85. The van der Waals surface area contributed by atoms with Crippen molar-refractivity contribution in [3.05, 3.63) is 38.3 Å². The van der Waals surface area contributed by atoms with Crippen molar-refractivity contribution >= 4 is 27.5 Å². The highest BCUT2D eigenvalue weighted by atomic mass is 79.9. The number of hydrogen-bond acceptors (Lipinski definition) is 4. The number of benzene rings is 1. The minimum atomic E-state index is -0.518. The Kier molecular flexibility index (Phi) is 6.09. The maximum Gasteiger partial charge on any atom is 0.284 e. The van der Waals surface area contributed by atoms with E-state index in [0.717, 1.165) is 0 Å². The van der Waals surface area contributed by atoms with Crippen LogP contribution >= 0.6 is 15.9 Å². The Bertz CT molecular complexity index is 507. The second-order valence-electron chi connectivity index (χ2n) is 4.32. The number of rotatable bonds is 6. The van der Waals surface area contributed by atoms with Crippen molar-refractivity contribution in [2.75, 3.05) is 20.3 Å². The largest absolute Gasteiger partial charge is 0.383 e. The molecule has 20 heavy (non-hydrogen) atoms. The Morgan fingerprint density at radius 3 is 2.70 bits per heavy atom. The Morgan fingerprint density at radius 2 is 2.20 bits per heavy atom. The number of hydrogen-bond donors (Lipinski definition) is 0. The van der Waals surface area contributed by atoms with Crippen LogP contribution in [0.2, 0.25) is 0 Å². The molecule has 0 bridgehead atoms. The molecule has 0 aromatic heterocycles. The summed E-state index contributed by atoms with van der Waals surface area (Å²) in [6, 6.07) is 4.27. The van der Waals surface area contributed by atoms with Crippen LogP contribution in [0, 0.1) is 10.1 Å². The van der Waals surface area contributed by atoms with Crippen LogP contribution in [-0.4, -0.2) is 42.0 Å². The van der Waals surface area contributed by atoms with Gasteiger partial charge in [-0.3, -0.25) is 14.9 Å². The summed E-state index contributed by atoms with van der Waals surface area (Å²) in [5, 5.41) is 10.9. The predicted molar refractivity (Wildman–Crippen MR) is 78.8 cm³/mol. The topological polar surface area (TPSA) is 72.7 Å². The van der Waals surface area contributed by atoms with E-state index in [-0.39, 0.29) is 17.6 Å². The van der Waals surface area contributed by atoms with E-state index in [1.807, 2.05) is 13.8 Å². The Hall–Kier alpha value is -1.47. The van der Waals surface area contributed by atoms with Gasteiger partial charge < -0.3 is 9.64 Å². The van der Waals surface area contributed by atoms with E-state index in [0.29, 0.717) is 23.2 Å². The van der Waals surface area contributed by atoms with Gasteiger partial charge in [0.15, 0.2) is 0 Å². The summed E-state index contributed by atoms with van der Waals surface area (Å²) in [6.45, 7) is 4.65. The summed E-state index contributed by atoms with van der Waals surface area (Å²) in [5.41, 5.74) is 0.177. The molecule has 0 fully saturated rings. The summed E-state index contributed by atoms with van der Waals surface area (Å²) < 4.78 is 5.40. The van der Waals surface area contributed by atoms with E-state index < -0.39 is 4.92 Å². The second kappa shape index (κ2) is 7.35. The van der Waals surface area contributed by atoms with Crippen LogP contribution in [0.15, 0.2) is 22.7 Å². The molecule has 1 atom stereocenters. The smallest absolute Gasteiger partial charge is 0.284 e. The number of likely N-dealkylation sites (N-methyl/N-ethyl adjacent to an activating group) is 1. The quantitative estimate of drug-likeness (QED) is 0.587. The number of nitro groups is 1. The fourth-order valence-electron chi connectivity index (χ4n) is 1.94. The number of nitro benzene ring substituents is 1. The first-order valence-corrected chi connectivity index (χ1v) is 6.95. The Balaban J connectivity index is 3.07. The van der Waals surface area contributed by atoms with E-state index in [4.69, 9.17) is 4.74 Å². The van der Waals surface area contributed by atoms with Crippen LogP contribution in [0.5, 0.6) is 0 Å². The third-order valence-corrected chi connectivity index (χ3v) is 3.60. The molecular formula is C13H17BrN2O4. The number of ether oxygens (including phenoxy) is 1. The van der Waals surface area contributed by atoms with Gasteiger partial charge in [-0.2, -0.15) is 0 Å². The molecular weight excluding hydrogens is 328 g/mol. The van der Waals surface area contributed by atoms with Gasteiger partial charge in [-0.15, -0.1) is 0 Å². The Morgan fingerprint density at radius 1 is 1.55 bits per heavy atom. The standard InChI is InChI=1S/C13H17BrN2O4/c1-4-15(9(2)8-20-3)13(17)10-5-6-11(14)12(7-10)16(18)19/h5-7,9H,4,8H2,1-3H3. The third kappa shape index (κ3) is 3.77. The molecule has 0 saturated heterocycles. The van der Waals surface area contributed by atoms with Crippen LogP contribution in [0.1, 0.15) is 24.2 Å². The van der Waals surface area contributed by atoms with Gasteiger partial charge in [0.25, 0.3) is 11.6 Å². The van der Waals surface area contributed by atoms with Crippen molar-refractivity contribution in [1.29, 1.82) is 0 Å². The SMILES string of the molecule is CCN(C(=O)c1ccc(Br)c([N+](=O)[O-])c1)C(C)COC. The zero-order valence-electron chi connectivity index (χ0n) is 11.6. The fourth-order valence-corrected chi connectivity index (χ4v) is 2.33. The average molecular weight is 345 g/mol. The van der Waals surface area contributed by atoms with Crippen molar-refractivity contribution in [3.63, 3.8) is 0 Å². The first-order chi connectivity index (χ1) is 9.42. The lowest BCUT2D eigenvalue weighted by atomic mass is 10.1. The number of nitrogens with zero attached hydrogens (tertiary/aromatic N) is 2. The number of carbonyl (C=O) groups excluding carboxylic acids is 1. The number of amides is 1. The molecule has 1 aromatic rings. The van der Waals surface area contributed by atoms with Crippen LogP contribution in [0.25, 0.3) is 0 Å². The maximum atomic E-state index is 12.4. The highest BCUT2D eigenvalue weighted by Gasteiger charge is 2.22. The lowest BCUT2D eigenvalue weighted by molar-refractivity contribution is -0.385. The highest BCUT2D eigenvalue weighted by Crippen LogP contribution is 2.26. The van der Waals surface area contributed by atoms with E-state index >= 15 is 0 Å². The van der Waals surface area contributed by atoms with E-state index in [1.54, 1.807) is 18.1 Å². The van der Waals surface area contributed by atoms with Gasteiger partial charge in [0.2, 0.25) is 0 Å². The monoisotopic (exact) mass is 344 g/mol. The van der Waals surface area contributed by atoms with Gasteiger partial charge in [-0.25, -0.2) is 0 Å². The molecule has 1 aromatic carbocycles. The molecule has 0 aliphatic carbocycles. The van der Waals surface area contributed by atoms with Crippen LogP contribution in [0.3, 0.4) is 0 Å². The minimum absolute atomic E-state index is 0.0970. The van der Waals surface area contributed by atoms with E-state index in [9.17, 15) is 14.9 Å². The molecule has 0 aliphatic heterocycles. The molecule has 6 nitrogen and oxygen atoms in total. The molecule has 7 heteroatoms. The molecule has 0 aliphatic rings. The van der Waals surface area contributed by atoms with Crippen molar-refractivity contribution in [1.82, 2.24) is 4.90 Å². The van der Waals surface area contributed by atoms with Crippen LogP contribution < -0.4 is 0 Å². The zero-order valence-corrected chi connectivity index (χ0v) is 13.2. The van der Waals surface area contributed by atoms with Gasteiger partial charge in [0.05, 0.1) is 22.0 Å². The molecule has 0 radical (unpaired) electrons. The number of carbonyl (C=O) groups is 1. The molecule has 0 saturated carbocycles. The summed E-state index contributed by atoms with van der Waals surface area (Å²) in [5.74, 6) is -0.243. The first-order valence-electron chi connectivity index (χ1n) is 6.16. The van der Waals surface area contributed by atoms with Crippen LogP contribution in [0.4, 0.5) is 5.69 Å². The molecule has 0 spiro atoms. The summed E-state index contributed by atoms with van der Waals surface area (Å²) in [4.78, 5) is 24.4. The third-order valence-electron chi connectivity index (χ3n) is 2.93. The van der Waals surface area contributed by atoms with Gasteiger partial charge in [-0.1, -0.05) is 0 Å². The molecule has 0 heterocycles. The second-order valence-corrected chi connectivity index (χ2v) is 5.17. The molecule has 110 valence electrons. The lowest BCUT2D eigenvalue weighted by Crippen LogP contribution is -2.40. The van der Waals surface area contributed by atoms with Gasteiger partial charge >= 0.3 is 0 Å². The lowest BCUT2D eigenvalue weighted by Gasteiger charge is -2.27. The van der Waals surface area contributed by atoms with Gasteiger partial charge in [0, 0.05) is 25.3 Å². The highest BCUT2D eigenvalue weighted by molar-refractivity contribution is 9.10. The number of halogens is 1. The summed E-state index contributed by atoms with van der Waals surface area (Å²) in [7, 11) is 1.57. The molecule has 1 unspecified atom stereocenters. The zero-order chi connectivity index (χ0) is 15.3. The fraction of sp³-hybridized carbons (Fsp3) is 0.462. The normalized spacial score (nSPS) is 12.0. The minimum Gasteiger partial charge on any atom is -0.383 e. The van der Waals surface area contributed by atoms with Gasteiger partial charge in [0.1, 0.15) is 0 Å². The Labute approximate surface area is 126 Å². The van der Waals surface area contributed by atoms with Crippen molar-refractivity contribution < 1.29 is 14.5 Å². The first kappa shape index (κ1) is 16.6. The van der Waals surface area contributed by atoms with E-state index in [1.165, 1.54) is 12.1 Å². The van der Waals surface area contributed by atoms with Crippen molar-refractivity contribution in [3.8, 4) is 0 Å². The van der Waals surface area contributed by atoms with Crippen molar-refractivity contribution in [2.45, 2.75) is 19.9 Å². The average Bonchev–Trinajstić information content (AvgIpc) is 2.39. The molecule has 0 N–H and O–H groups in total. The summed E-state index contributed by atoms with van der Waals surface area (Å²) >= 11 is 3.10. The number of methoxy groups -OCH3 is 1. The molecule has 1 rings (SSSR count).